The van der Waals surface area contributed by atoms with Crippen LogP contribution in [0, 0.1) is 0 Å². The molecule has 0 spiro atoms. The monoisotopic (exact) mass is 326 g/mol. The Bertz CT molecular complexity index is 134. The Morgan fingerprint density at radius 2 is 1.36 bits per heavy atom. The smallest absolute Gasteiger partial charge is 0.0404 e. The Balaban J connectivity index is 2.99. The van der Waals surface area contributed by atoms with E-state index in [-0.39, 0.29) is 0 Å². The van der Waals surface area contributed by atoms with Crippen LogP contribution in [-0.4, -0.2) is 10.3 Å². The third-order valence-electron chi connectivity index (χ3n) is 2.00. The lowest BCUT2D eigenvalue weighted by Crippen LogP contribution is -1.77. The average molecular weight is 327 g/mol. The number of alkyl halides is 2. The molecule has 2 heteroatoms. The van der Waals surface area contributed by atoms with Crippen molar-refractivity contribution >= 4 is 34.2 Å². The molecule has 0 amide bonds. The van der Waals surface area contributed by atoms with Gasteiger partial charge in [0.05, 0.1) is 0 Å². The predicted octanol–water partition coefficient (Wildman–Crippen LogP) is 5.11. The maximum absolute atomic E-state index is 5.52. The van der Waals surface area contributed by atoms with E-state index in [2.05, 4.69) is 40.8 Å². The van der Waals surface area contributed by atoms with Crippen LogP contribution in [0.2, 0.25) is 0 Å². The highest BCUT2D eigenvalue weighted by atomic mass is 127. The zero-order valence-corrected chi connectivity index (χ0v) is 11.6. The van der Waals surface area contributed by atoms with Crippen LogP contribution in [0.3, 0.4) is 0 Å². The maximum atomic E-state index is 5.52. The number of rotatable bonds is 9. The van der Waals surface area contributed by atoms with Gasteiger partial charge in [-0.2, -0.15) is 0 Å². The van der Waals surface area contributed by atoms with Crippen molar-refractivity contribution in [2.75, 3.05) is 10.3 Å². The fourth-order valence-electron chi connectivity index (χ4n) is 1.24. The van der Waals surface area contributed by atoms with Gasteiger partial charge in [-0.25, -0.2) is 0 Å². The minimum absolute atomic E-state index is 0.654. The zero-order chi connectivity index (χ0) is 10.5. The van der Waals surface area contributed by atoms with E-state index < -0.39 is 0 Å². The quantitative estimate of drug-likeness (QED) is 0.239. The van der Waals surface area contributed by atoms with Gasteiger partial charge in [-0.15, -0.1) is 11.6 Å². The van der Waals surface area contributed by atoms with Crippen molar-refractivity contribution in [3.05, 3.63) is 24.3 Å². The van der Waals surface area contributed by atoms with Crippen molar-refractivity contribution in [3.8, 4) is 0 Å². The predicted molar refractivity (Wildman–Crippen MR) is 75.6 cm³/mol. The van der Waals surface area contributed by atoms with Gasteiger partial charge in [-0.1, -0.05) is 59.7 Å². The first-order valence-corrected chi connectivity index (χ1v) is 7.39. The van der Waals surface area contributed by atoms with E-state index >= 15 is 0 Å². The van der Waals surface area contributed by atoms with Crippen LogP contribution in [0.5, 0.6) is 0 Å². The number of hydrogen-bond donors (Lipinski definition) is 0. The molecule has 0 fully saturated rings. The Labute approximate surface area is 107 Å². The molecule has 0 aliphatic carbocycles. The van der Waals surface area contributed by atoms with Gasteiger partial charge in [-0.05, 0) is 25.7 Å². The molecule has 0 aromatic carbocycles. The van der Waals surface area contributed by atoms with Crippen LogP contribution in [0.1, 0.15) is 38.5 Å². The van der Waals surface area contributed by atoms with Crippen molar-refractivity contribution in [1.29, 1.82) is 0 Å². The van der Waals surface area contributed by atoms with Crippen molar-refractivity contribution < 1.29 is 0 Å². The van der Waals surface area contributed by atoms with Crippen LogP contribution in [0.15, 0.2) is 24.3 Å². The summed E-state index contributed by atoms with van der Waals surface area (Å²) in [6.07, 6.45) is 16.6. The summed E-state index contributed by atoms with van der Waals surface area (Å²) in [6.45, 7) is 0. The second-order valence-corrected chi connectivity index (χ2v) is 4.43. The molecule has 0 rings (SSSR count). The van der Waals surface area contributed by atoms with Gasteiger partial charge in [-0.3, -0.25) is 0 Å². The number of hydrogen-bond acceptors (Lipinski definition) is 0. The fourth-order valence-corrected chi connectivity index (χ4v) is 1.73. The largest absolute Gasteiger partial charge is 0.122 e. The van der Waals surface area contributed by atoms with E-state index in [0.717, 1.165) is 4.43 Å². The molecule has 0 unspecified atom stereocenters. The van der Waals surface area contributed by atoms with Gasteiger partial charge in [0, 0.05) is 10.3 Å². The molecule has 0 radical (unpaired) electrons. The van der Waals surface area contributed by atoms with E-state index in [1.165, 1.54) is 38.5 Å². The van der Waals surface area contributed by atoms with Crippen LogP contribution in [-0.2, 0) is 0 Å². The lowest BCUT2D eigenvalue weighted by molar-refractivity contribution is 0.652. The lowest BCUT2D eigenvalue weighted by Gasteiger charge is -1.96. The molecule has 0 aliphatic heterocycles. The number of unbranched alkanes of at least 4 members (excludes halogenated alkanes) is 5. The van der Waals surface area contributed by atoms with Crippen LogP contribution in [0.4, 0.5) is 0 Å². The van der Waals surface area contributed by atoms with Crippen molar-refractivity contribution in [1.82, 2.24) is 0 Å². The molecule has 0 saturated carbocycles. The highest BCUT2D eigenvalue weighted by Crippen LogP contribution is 2.06. The minimum Gasteiger partial charge on any atom is -0.122 e. The first-order valence-electron chi connectivity index (χ1n) is 5.33. The first-order chi connectivity index (χ1) is 6.91. The van der Waals surface area contributed by atoms with Gasteiger partial charge >= 0.3 is 0 Å². The minimum atomic E-state index is 0.654. The Morgan fingerprint density at radius 1 is 0.786 bits per heavy atom. The van der Waals surface area contributed by atoms with Crippen molar-refractivity contribution in [2.24, 2.45) is 0 Å². The molecule has 0 N–H and O–H groups in total. The third kappa shape index (κ3) is 12.5. The summed E-state index contributed by atoms with van der Waals surface area (Å²) >= 11 is 7.89. The van der Waals surface area contributed by atoms with Gasteiger partial charge in [0.15, 0.2) is 0 Å². The van der Waals surface area contributed by atoms with Crippen LogP contribution < -0.4 is 0 Å². The molecular formula is C12H20ClI. The van der Waals surface area contributed by atoms with E-state index in [4.69, 9.17) is 11.6 Å². The lowest BCUT2D eigenvalue weighted by atomic mass is 10.1. The number of halogens is 2. The van der Waals surface area contributed by atoms with Crippen LogP contribution >= 0.6 is 34.2 Å². The van der Waals surface area contributed by atoms with Gasteiger partial charge in [0.1, 0.15) is 0 Å². The average Bonchev–Trinajstić information content (AvgIpc) is 2.21. The number of allylic oxidation sites excluding steroid dienone is 4. The second-order valence-electron chi connectivity index (χ2n) is 3.24. The molecular weight excluding hydrogens is 306 g/mol. The van der Waals surface area contributed by atoms with Crippen LogP contribution in [0.25, 0.3) is 0 Å². The standard InChI is InChI=1S/C12H20ClI/c13-11-9-7-5-3-1-2-4-6-8-10-12-14/h7-10H,1-6,11-12H2. The maximum Gasteiger partial charge on any atom is 0.0404 e. The third-order valence-corrected chi connectivity index (χ3v) is 2.69. The summed E-state index contributed by atoms with van der Waals surface area (Å²) in [4.78, 5) is 0. The molecule has 14 heavy (non-hydrogen) atoms. The molecule has 0 saturated heterocycles. The Hall–Kier alpha value is 0.500. The summed E-state index contributed by atoms with van der Waals surface area (Å²) in [6, 6.07) is 0. The Morgan fingerprint density at radius 3 is 1.86 bits per heavy atom. The van der Waals surface area contributed by atoms with E-state index in [1.807, 2.05) is 6.08 Å². The SMILES string of the molecule is ClCC=CCCCCCCC=CCI. The highest BCUT2D eigenvalue weighted by molar-refractivity contribution is 14.1. The molecule has 0 aromatic heterocycles. The summed E-state index contributed by atoms with van der Waals surface area (Å²) in [5.74, 6) is 0.654. The summed E-state index contributed by atoms with van der Waals surface area (Å²) in [5, 5.41) is 0. The van der Waals surface area contributed by atoms with Gasteiger partial charge in [0.25, 0.3) is 0 Å². The summed E-state index contributed by atoms with van der Waals surface area (Å²) in [5.41, 5.74) is 0. The normalized spacial score (nSPS) is 11.9. The van der Waals surface area contributed by atoms with Crippen molar-refractivity contribution in [2.45, 2.75) is 38.5 Å². The van der Waals surface area contributed by atoms with Gasteiger partial charge in [0.2, 0.25) is 0 Å². The van der Waals surface area contributed by atoms with E-state index in [9.17, 15) is 0 Å². The first kappa shape index (κ1) is 14.5. The molecule has 0 aliphatic rings. The topological polar surface area (TPSA) is 0 Å². The molecule has 82 valence electrons. The fraction of sp³-hybridized carbons (Fsp3) is 0.667. The Kier molecular flexibility index (Phi) is 14.0. The molecule has 0 bridgehead atoms. The molecule has 0 aromatic rings. The molecule has 0 heterocycles. The summed E-state index contributed by atoms with van der Waals surface area (Å²) in [7, 11) is 0. The second kappa shape index (κ2) is 13.5. The molecule has 0 atom stereocenters. The van der Waals surface area contributed by atoms with Crippen molar-refractivity contribution in [3.63, 3.8) is 0 Å². The molecule has 0 nitrogen and oxygen atoms in total. The van der Waals surface area contributed by atoms with E-state index in [1.54, 1.807) is 0 Å². The zero-order valence-electron chi connectivity index (χ0n) is 8.72. The summed E-state index contributed by atoms with van der Waals surface area (Å²) < 4.78 is 1.14. The highest BCUT2D eigenvalue weighted by Gasteiger charge is 1.87. The van der Waals surface area contributed by atoms with E-state index in [0.29, 0.717) is 5.88 Å². The van der Waals surface area contributed by atoms with Gasteiger partial charge < -0.3 is 0 Å².